The van der Waals surface area contributed by atoms with Crippen LogP contribution in [0.4, 0.5) is 0 Å². The van der Waals surface area contributed by atoms with Crippen LogP contribution in [0.1, 0.15) is 25.6 Å². The van der Waals surface area contributed by atoms with E-state index in [-0.39, 0.29) is 11.5 Å². The first-order valence-electron chi connectivity index (χ1n) is 7.79. The van der Waals surface area contributed by atoms with E-state index in [9.17, 15) is 4.79 Å². The average Bonchev–Trinajstić information content (AvgIpc) is 2.98. The van der Waals surface area contributed by atoms with Gasteiger partial charge in [-0.3, -0.25) is 9.36 Å². The van der Waals surface area contributed by atoms with Crippen molar-refractivity contribution < 1.29 is 4.74 Å². The Bertz CT molecular complexity index is 913. The molecule has 0 aliphatic rings. The standard InChI is InChI=1S/C18H19ClN2O2S/c1-11(2)16-20-17-15(18(22)21(16)8-9-23-3)14(10-24-17)12-4-6-13(19)7-5-12/h4-7,10-11H,8-9H2,1-3H3. The molecule has 1 aromatic carbocycles. The van der Waals surface area contributed by atoms with Crippen molar-refractivity contribution in [2.45, 2.75) is 26.3 Å². The van der Waals surface area contributed by atoms with E-state index < -0.39 is 0 Å². The van der Waals surface area contributed by atoms with Crippen molar-refractivity contribution in [3.63, 3.8) is 0 Å². The Morgan fingerprint density at radius 1 is 1.29 bits per heavy atom. The van der Waals surface area contributed by atoms with E-state index in [1.807, 2.05) is 43.5 Å². The first-order valence-corrected chi connectivity index (χ1v) is 9.05. The summed E-state index contributed by atoms with van der Waals surface area (Å²) in [5.41, 5.74) is 1.87. The van der Waals surface area contributed by atoms with Gasteiger partial charge in [0.15, 0.2) is 0 Å². The van der Waals surface area contributed by atoms with E-state index in [1.54, 1.807) is 11.7 Å². The number of nitrogens with zero attached hydrogens (tertiary/aromatic N) is 2. The smallest absolute Gasteiger partial charge is 0.262 e. The van der Waals surface area contributed by atoms with Crippen LogP contribution < -0.4 is 5.56 Å². The Morgan fingerprint density at radius 2 is 2.00 bits per heavy atom. The van der Waals surface area contributed by atoms with Crippen molar-refractivity contribution in [2.75, 3.05) is 13.7 Å². The largest absolute Gasteiger partial charge is 0.383 e. The molecule has 6 heteroatoms. The summed E-state index contributed by atoms with van der Waals surface area (Å²) in [6.07, 6.45) is 0. The van der Waals surface area contributed by atoms with E-state index in [4.69, 9.17) is 21.3 Å². The van der Waals surface area contributed by atoms with Crippen molar-refractivity contribution in [3.05, 3.63) is 50.8 Å². The van der Waals surface area contributed by atoms with Gasteiger partial charge in [0.05, 0.1) is 18.5 Å². The zero-order chi connectivity index (χ0) is 17.3. The van der Waals surface area contributed by atoms with Gasteiger partial charge >= 0.3 is 0 Å². The number of aromatic nitrogens is 2. The molecule has 0 bridgehead atoms. The number of methoxy groups -OCH3 is 1. The Labute approximate surface area is 149 Å². The van der Waals surface area contributed by atoms with E-state index in [1.165, 1.54) is 11.3 Å². The molecule has 4 nitrogen and oxygen atoms in total. The fourth-order valence-corrected chi connectivity index (χ4v) is 3.79. The van der Waals surface area contributed by atoms with Gasteiger partial charge in [-0.15, -0.1) is 11.3 Å². The molecule has 3 aromatic rings. The summed E-state index contributed by atoms with van der Waals surface area (Å²) < 4.78 is 6.90. The molecule has 0 saturated heterocycles. The van der Waals surface area contributed by atoms with Crippen molar-refractivity contribution in [1.82, 2.24) is 9.55 Å². The van der Waals surface area contributed by atoms with Gasteiger partial charge in [-0.2, -0.15) is 0 Å². The molecule has 0 amide bonds. The minimum absolute atomic E-state index is 0.00745. The second-order valence-electron chi connectivity index (χ2n) is 5.91. The Balaban J connectivity index is 2.24. The molecular formula is C18H19ClN2O2S. The maximum atomic E-state index is 13.1. The number of hydrogen-bond donors (Lipinski definition) is 0. The van der Waals surface area contributed by atoms with Crippen LogP contribution in [0, 0.1) is 0 Å². The van der Waals surface area contributed by atoms with Crippen LogP contribution in [0.5, 0.6) is 0 Å². The highest BCUT2D eigenvalue weighted by Crippen LogP contribution is 2.32. The van der Waals surface area contributed by atoms with Crippen LogP contribution >= 0.6 is 22.9 Å². The summed E-state index contributed by atoms with van der Waals surface area (Å²) in [4.78, 5) is 18.7. The zero-order valence-corrected chi connectivity index (χ0v) is 15.4. The maximum absolute atomic E-state index is 13.1. The SMILES string of the molecule is COCCn1c(C(C)C)nc2scc(-c3ccc(Cl)cc3)c2c1=O. The fourth-order valence-electron chi connectivity index (χ4n) is 2.72. The molecule has 2 aromatic heterocycles. The number of thiophene rings is 1. The second-order valence-corrected chi connectivity index (χ2v) is 7.21. The summed E-state index contributed by atoms with van der Waals surface area (Å²) in [6.45, 7) is 5.07. The molecule has 126 valence electrons. The lowest BCUT2D eigenvalue weighted by atomic mass is 10.1. The summed E-state index contributed by atoms with van der Waals surface area (Å²) >= 11 is 7.47. The first-order chi connectivity index (χ1) is 11.5. The number of benzene rings is 1. The molecule has 3 rings (SSSR count). The predicted molar refractivity (Wildman–Crippen MR) is 100 cm³/mol. The van der Waals surface area contributed by atoms with Crippen molar-refractivity contribution in [3.8, 4) is 11.1 Å². The van der Waals surface area contributed by atoms with Gasteiger partial charge in [0, 0.05) is 29.0 Å². The summed E-state index contributed by atoms with van der Waals surface area (Å²) in [7, 11) is 1.63. The van der Waals surface area contributed by atoms with Gasteiger partial charge in [0.2, 0.25) is 0 Å². The van der Waals surface area contributed by atoms with Crippen LogP contribution in [-0.2, 0) is 11.3 Å². The third-order valence-corrected chi connectivity index (χ3v) is 5.04. The minimum Gasteiger partial charge on any atom is -0.383 e. The number of halogens is 1. The van der Waals surface area contributed by atoms with Crippen molar-refractivity contribution >= 4 is 33.2 Å². The normalized spacial score (nSPS) is 11.5. The van der Waals surface area contributed by atoms with E-state index in [0.29, 0.717) is 23.6 Å². The van der Waals surface area contributed by atoms with Gasteiger partial charge in [-0.25, -0.2) is 4.98 Å². The quantitative estimate of drug-likeness (QED) is 0.668. The Hall–Kier alpha value is -1.69. The highest BCUT2D eigenvalue weighted by atomic mass is 35.5. The van der Waals surface area contributed by atoms with Crippen molar-refractivity contribution in [1.29, 1.82) is 0 Å². The molecule has 2 heterocycles. The maximum Gasteiger partial charge on any atom is 0.262 e. The molecule has 0 fully saturated rings. The molecule has 0 saturated carbocycles. The molecule has 0 N–H and O–H groups in total. The van der Waals surface area contributed by atoms with Crippen LogP contribution in [-0.4, -0.2) is 23.3 Å². The molecule has 0 unspecified atom stereocenters. The van der Waals surface area contributed by atoms with E-state index in [0.717, 1.165) is 21.8 Å². The molecule has 0 aliphatic heterocycles. The van der Waals surface area contributed by atoms with Gasteiger partial charge < -0.3 is 4.74 Å². The number of rotatable bonds is 5. The van der Waals surface area contributed by atoms with E-state index in [2.05, 4.69) is 0 Å². The van der Waals surface area contributed by atoms with Gasteiger partial charge in [0.1, 0.15) is 10.7 Å². The molecule has 0 aliphatic carbocycles. The average molecular weight is 363 g/mol. The predicted octanol–water partition coefficient (Wildman–Crippen LogP) is 4.55. The van der Waals surface area contributed by atoms with Crippen LogP contribution in [0.2, 0.25) is 5.02 Å². The number of ether oxygens (including phenoxy) is 1. The zero-order valence-electron chi connectivity index (χ0n) is 13.9. The molecule has 24 heavy (non-hydrogen) atoms. The lowest BCUT2D eigenvalue weighted by Crippen LogP contribution is -2.27. The van der Waals surface area contributed by atoms with Crippen LogP contribution in [0.3, 0.4) is 0 Å². The molecule has 0 radical (unpaired) electrons. The Morgan fingerprint density at radius 3 is 2.62 bits per heavy atom. The van der Waals surface area contributed by atoms with Gasteiger partial charge in [0.25, 0.3) is 5.56 Å². The van der Waals surface area contributed by atoms with E-state index >= 15 is 0 Å². The lowest BCUT2D eigenvalue weighted by molar-refractivity contribution is 0.184. The highest BCUT2D eigenvalue weighted by Gasteiger charge is 2.18. The first kappa shape index (κ1) is 17.1. The third-order valence-electron chi connectivity index (χ3n) is 3.91. The highest BCUT2D eigenvalue weighted by molar-refractivity contribution is 7.17. The van der Waals surface area contributed by atoms with Crippen LogP contribution in [0.25, 0.3) is 21.3 Å². The van der Waals surface area contributed by atoms with Gasteiger partial charge in [-0.1, -0.05) is 37.6 Å². The molecular weight excluding hydrogens is 344 g/mol. The summed E-state index contributed by atoms with van der Waals surface area (Å²) in [6, 6.07) is 7.53. The lowest BCUT2D eigenvalue weighted by Gasteiger charge is -2.14. The van der Waals surface area contributed by atoms with Crippen molar-refractivity contribution in [2.24, 2.45) is 0 Å². The molecule has 0 spiro atoms. The minimum atomic E-state index is -0.00745. The number of fused-ring (bicyclic) bond motifs is 1. The van der Waals surface area contributed by atoms with Gasteiger partial charge in [-0.05, 0) is 17.7 Å². The third kappa shape index (κ3) is 3.11. The monoisotopic (exact) mass is 362 g/mol. The molecule has 0 atom stereocenters. The summed E-state index contributed by atoms with van der Waals surface area (Å²) in [5, 5.41) is 3.34. The second kappa shape index (κ2) is 7.05. The van der Waals surface area contributed by atoms with Crippen LogP contribution in [0.15, 0.2) is 34.4 Å². The Kier molecular flexibility index (Phi) is 5.04. The summed E-state index contributed by atoms with van der Waals surface area (Å²) in [5.74, 6) is 0.967. The topological polar surface area (TPSA) is 44.1 Å². The number of hydrogen-bond acceptors (Lipinski definition) is 4. The fraction of sp³-hybridized carbons (Fsp3) is 0.333.